The second-order valence-electron chi connectivity index (χ2n) is 3.95. The number of phenols is 1. The lowest BCUT2D eigenvalue weighted by atomic mass is 10.2. The summed E-state index contributed by atoms with van der Waals surface area (Å²) >= 11 is 0. The number of hydrogen-bond acceptors (Lipinski definition) is 3. The van der Waals surface area contributed by atoms with E-state index in [2.05, 4.69) is 18.5 Å². The zero-order valence-electron chi connectivity index (χ0n) is 10.9. The topological polar surface area (TPSA) is 89.9 Å². The van der Waals surface area contributed by atoms with Crippen molar-refractivity contribution < 1.29 is 19.8 Å². The van der Waals surface area contributed by atoms with E-state index in [-0.39, 0.29) is 17.0 Å². The van der Waals surface area contributed by atoms with Crippen molar-refractivity contribution in [3.63, 3.8) is 0 Å². The first-order valence-corrected chi connectivity index (χ1v) is 5.83. The summed E-state index contributed by atoms with van der Waals surface area (Å²) in [6, 6.07) is 3.41. The van der Waals surface area contributed by atoms with Gasteiger partial charge in [0.15, 0.2) is 0 Å². The van der Waals surface area contributed by atoms with E-state index in [1.165, 1.54) is 23.1 Å². The maximum absolute atomic E-state index is 12.0. The molecule has 20 heavy (non-hydrogen) atoms. The van der Waals surface area contributed by atoms with Gasteiger partial charge in [0.25, 0.3) is 0 Å². The molecule has 0 aliphatic rings. The molecule has 6 nitrogen and oxygen atoms in total. The Morgan fingerprint density at radius 2 is 1.85 bits per heavy atom. The van der Waals surface area contributed by atoms with Crippen LogP contribution in [0.1, 0.15) is 10.4 Å². The molecule has 106 valence electrons. The van der Waals surface area contributed by atoms with E-state index >= 15 is 0 Å². The Morgan fingerprint density at radius 3 is 2.35 bits per heavy atom. The molecule has 0 spiro atoms. The van der Waals surface area contributed by atoms with E-state index in [0.717, 1.165) is 0 Å². The van der Waals surface area contributed by atoms with Gasteiger partial charge in [-0.15, -0.1) is 13.2 Å². The molecule has 0 saturated heterocycles. The molecule has 0 atom stereocenters. The number of carboxylic acids is 1. The highest BCUT2D eigenvalue weighted by molar-refractivity contribution is 5.95. The minimum absolute atomic E-state index is 0.276. The van der Waals surface area contributed by atoms with E-state index in [9.17, 15) is 14.7 Å². The van der Waals surface area contributed by atoms with Crippen LogP contribution in [0.4, 0.5) is 10.5 Å². The molecule has 3 N–H and O–H groups in total. The Bertz CT molecular complexity index is 530. The maximum Gasteiger partial charge on any atom is 0.339 e. The molecule has 2 amide bonds. The smallest absolute Gasteiger partial charge is 0.339 e. The van der Waals surface area contributed by atoms with Crippen molar-refractivity contribution in [1.82, 2.24) is 4.90 Å². The summed E-state index contributed by atoms with van der Waals surface area (Å²) in [6.07, 6.45) is 3.14. The Hall–Kier alpha value is -2.76. The molecular formula is C14H16N2O4. The van der Waals surface area contributed by atoms with Gasteiger partial charge in [0.1, 0.15) is 11.3 Å². The number of urea groups is 1. The number of aromatic hydroxyl groups is 1. The number of nitrogens with zero attached hydrogens (tertiary/aromatic N) is 1. The molecule has 0 saturated carbocycles. The highest BCUT2D eigenvalue weighted by atomic mass is 16.4. The minimum atomic E-state index is -1.27. The predicted molar refractivity (Wildman–Crippen MR) is 76.1 cm³/mol. The van der Waals surface area contributed by atoms with Crippen LogP contribution in [0.5, 0.6) is 5.75 Å². The van der Waals surface area contributed by atoms with Gasteiger partial charge in [0.2, 0.25) is 0 Å². The zero-order valence-corrected chi connectivity index (χ0v) is 10.9. The van der Waals surface area contributed by atoms with E-state index < -0.39 is 12.0 Å². The molecule has 1 rings (SSSR count). The van der Waals surface area contributed by atoms with Gasteiger partial charge in [-0.05, 0) is 18.2 Å². The fourth-order valence-electron chi connectivity index (χ4n) is 1.54. The average Bonchev–Trinajstić information content (AvgIpc) is 2.40. The van der Waals surface area contributed by atoms with Crippen molar-refractivity contribution >= 4 is 17.7 Å². The Morgan fingerprint density at radius 1 is 1.25 bits per heavy atom. The van der Waals surface area contributed by atoms with Crippen LogP contribution >= 0.6 is 0 Å². The van der Waals surface area contributed by atoms with Crippen molar-refractivity contribution in [1.29, 1.82) is 0 Å². The van der Waals surface area contributed by atoms with E-state index in [1.54, 1.807) is 12.2 Å². The van der Waals surface area contributed by atoms with Crippen molar-refractivity contribution in [3.05, 3.63) is 49.1 Å². The molecule has 0 unspecified atom stereocenters. The second-order valence-corrected chi connectivity index (χ2v) is 3.95. The monoisotopic (exact) mass is 276 g/mol. The number of aromatic carboxylic acids is 1. The normalized spacial score (nSPS) is 9.60. The molecule has 0 radical (unpaired) electrons. The van der Waals surface area contributed by atoms with Gasteiger partial charge in [-0.3, -0.25) is 0 Å². The van der Waals surface area contributed by atoms with Gasteiger partial charge >= 0.3 is 12.0 Å². The Balaban J connectivity index is 2.89. The van der Waals surface area contributed by atoms with Crippen LogP contribution in [0.3, 0.4) is 0 Å². The molecule has 0 aliphatic heterocycles. The van der Waals surface area contributed by atoms with E-state index in [1.807, 2.05) is 0 Å². The van der Waals surface area contributed by atoms with E-state index in [4.69, 9.17) is 5.11 Å². The SMILES string of the molecule is C=CCN(CC=C)C(=O)Nc1ccc(O)c(C(=O)O)c1. The summed E-state index contributed by atoms with van der Waals surface area (Å²) < 4.78 is 0. The number of nitrogens with one attached hydrogen (secondary N) is 1. The summed E-state index contributed by atoms with van der Waals surface area (Å²) in [6.45, 7) is 7.78. The van der Waals surface area contributed by atoms with Crippen LogP contribution in [0.15, 0.2) is 43.5 Å². The first-order chi connectivity index (χ1) is 9.49. The number of hydrogen-bond donors (Lipinski definition) is 3. The fourth-order valence-corrected chi connectivity index (χ4v) is 1.54. The summed E-state index contributed by atoms with van der Waals surface area (Å²) in [5.41, 5.74) is 0.00474. The second kappa shape index (κ2) is 6.98. The van der Waals surface area contributed by atoms with E-state index in [0.29, 0.717) is 13.1 Å². The average molecular weight is 276 g/mol. The molecule has 1 aromatic carbocycles. The molecule has 0 heterocycles. The standard InChI is InChI=1S/C14H16N2O4/c1-3-7-16(8-4-2)14(20)15-10-5-6-12(17)11(9-10)13(18)19/h3-6,9,17H,1-2,7-8H2,(H,15,20)(H,18,19). The summed E-state index contributed by atoms with van der Waals surface area (Å²) in [4.78, 5) is 24.3. The summed E-state index contributed by atoms with van der Waals surface area (Å²) in [7, 11) is 0. The number of carbonyl (C=O) groups excluding carboxylic acids is 1. The lowest BCUT2D eigenvalue weighted by molar-refractivity contribution is 0.0693. The maximum atomic E-state index is 12.0. The van der Waals surface area contributed by atoms with Crippen LogP contribution in [0.25, 0.3) is 0 Å². The third kappa shape index (κ3) is 3.88. The Labute approximate surface area is 116 Å². The van der Waals surface area contributed by atoms with Crippen LogP contribution in [-0.2, 0) is 0 Å². The van der Waals surface area contributed by atoms with Gasteiger partial charge < -0.3 is 20.4 Å². The van der Waals surface area contributed by atoms with Crippen LogP contribution in [0, 0.1) is 0 Å². The first-order valence-electron chi connectivity index (χ1n) is 5.83. The molecule has 1 aromatic rings. The molecule has 0 fully saturated rings. The molecule has 0 aliphatic carbocycles. The van der Waals surface area contributed by atoms with Gasteiger partial charge in [0, 0.05) is 18.8 Å². The van der Waals surface area contributed by atoms with Crippen LogP contribution in [-0.4, -0.2) is 40.2 Å². The fraction of sp³-hybridized carbons (Fsp3) is 0.143. The quantitative estimate of drug-likeness (QED) is 0.549. The van der Waals surface area contributed by atoms with Gasteiger partial charge in [-0.1, -0.05) is 12.2 Å². The van der Waals surface area contributed by atoms with Gasteiger partial charge in [-0.2, -0.15) is 0 Å². The Kier molecular flexibility index (Phi) is 5.34. The lowest BCUT2D eigenvalue weighted by Crippen LogP contribution is -2.35. The number of rotatable bonds is 6. The van der Waals surface area contributed by atoms with Gasteiger partial charge in [0.05, 0.1) is 0 Å². The third-order valence-electron chi connectivity index (χ3n) is 2.46. The van der Waals surface area contributed by atoms with Crippen molar-refractivity contribution in [2.75, 3.05) is 18.4 Å². The highest BCUT2D eigenvalue weighted by Gasteiger charge is 2.14. The number of carboxylic acid groups (broad SMARTS) is 1. The summed E-state index contributed by atoms with van der Waals surface area (Å²) in [5.74, 6) is -1.63. The number of benzene rings is 1. The van der Waals surface area contributed by atoms with Crippen LogP contribution in [0.2, 0.25) is 0 Å². The molecule has 0 aromatic heterocycles. The molecule has 0 bridgehead atoms. The third-order valence-corrected chi connectivity index (χ3v) is 2.46. The predicted octanol–water partition coefficient (Wildman–Crippen LogP) is 2.30. The zero-order chi connectivity index (χ0) is 15.1. The number of anilines is 1. The van der Waals surface area contributed by atoms with Gasteiger partial charge in [-0.25, -0.2) is 9.59 Å². The van der Waals surface area contributed by atoms with Crippen molar-refractivity contribution in [3.8, 4) is 5.75 Å². The lowest BCUT2D eigenvalue weighted by Gasteiger charge is -2.20. The summed E-state index contributed by atoms with van der Waals surface area (Å²) in [5, 5.41) is 20.8. The first kappa shape index (κ1) is 15.3. The molecule has 6 heteroatoms. The number of amides is 2. The number of carbonyl (C=O) groups is 2. The van der Waals surface area contributed by atoms with Crippen LogP contribution < -0.4 is 5.32 Å². The highest BCUT2D eigenvalue weighted by Crippen LogP contribution is 2.21. The largest absolute Gasteiger partial charge is 0.507 e. The van der Waals surface area contributed by atoms with Crippen molar-refractivity contribution in [2.24, 2.45) is 0 Å². The van der Waals surface area contributed by atoms with Crippen molar-refractivity contribution in [2.45, 2.75) is 0 Å². The minimum Gasteiger partial charge on any atom is -0.507 e. The molecular weight excluding hydrogens is 260 g/mol.